The molecule has 1 aliphatic rings. The van der Waals surface area contributed by atoms with Gasteiger partial charge in [-0.25, -0.2) is 4.79 Å². The Morgan fingerprint density at radius 2 is 1.92 bits per heavy atom. The molecule has 0 saturated heterocycles. The summed E-state index contributed by atoms with van der Waals surface area (Å²) in [5.74, 6) is -3.03. The molecule has 144 valence electrons. The van der Waals surface area contributed by atoms with Gasteiger partial charge in [-0.1, -0.05) is 26.2 Å². The lowest BCUT2D eigenvalue weighted by Gasteiger charge is -2.37. The van der Waals surface area contributed by atoms with Crippen molar-refractivity contribution in [3.63, 3.8) is 0 Å². The second kappa shape index (κ2) is 10.5. The minimum atomic E-state index is -1.64. The van der Waals surface area contributed by atoms with E-state index in [9.17, 15) is 24.9 Å². The van der Waals surface area contributed by atoms with Crippen molar-refractivity contribution < 1.29 is 39.9 Å². The molecule has 0 aromatic rings. The van der Waals surface area contributed by atoms with E-state index < -0.39 is 48.7 Å². The summed E-state index contributed by atoms with van der Waals surface area (Å²) in [4.78, 5) is 23.2. The zero-order chi connectivity index (χ0) is 19.0. The molecular weight excluding hydrogens is 332 g/mol. The van der Waals surface area contributed by atoms with Gasteiger partial charge >= 0.3 is 5.97 Å². The van der Waals surface area contributed by atoms with Crippen LogP contribution in [0.2, 0.25) is 0 Å². The summed E-state index contributed by atoms with van der Waals surface area (Å²) < 4.78 is 5.19. The molecule has 0 bridgehead atoms. The smallest absolute Gasteiger partial charge is 0.370 e. The molecule has 3 unspecified atom stereocenters. The SMILES string of the molecule is CCCCCCC(=O)C[C@H]1C(C(O)C(O)CO)OC(C(=O)O)=C[C@H]1O. The average molecular weight is 360 g/mol. The number of carbonyl (C=O) groups excluding carboxylic acids is 1. The highest BCUT2D eigenvalue weighted by Crippen LogP contribution is 2.30. The Labute approximate surface area is 146 Å². The van der Waals surface area contributed by atoms with Crippen LogP contribution >= 0.6 is 0 Å². The van der Waals surface area contributed by atoms with E-state index in [1.54, 1.807) is 0 Å². The molecule has 0 fully saturated rings. The van der Waals surface area contributed by atoms with Gasteiger partial charge in [-0.3, -0.25) is 4.79 Å². The van der Waals surface area contributed by atoms with Crippen LogP contribution in [0.15, 0.2) is 11.8 Å². The van der Waals surface area contributed by atoms with Crippen LogP contribution in [0.25, 0.3) is 0 Å². The quantitative estimate of drug-likeness (QED) is 0.323. The number of ketones is 1. The van der Waals surface area contributed by atoms with Gasteiger partial charge in [0.1, 0.15) is 24.1 Å². The Morgan fingerprint density at radius 1 is 1.24 bits per heavy atom. The lowest BCUT2D eigenvalue weighted by molar-refractivity contribution is -0.154. The molecule has 0 radical (unpaired) electrons. The summed E-state index contributed by atoms with van der Waals surface area (Å²) in [6.45, 7) is 1.29. The average Bonchev–Trinajstić information content (AvgIpc) is 2.58. The summed E-state index contributed by atoms with van der Waals surface area (Å²) in [6.07, 6.45) is -0.946. The maximum absolute atomic E-state index is 12.1. The monoisotopic (exact) mass is 360 g/mol. The molecule has 0 spiro atoms. The predicted molar refractivity (Wildman–Crippen MR) is 87.6 cm³/mol. The van der Waals surface area contributed by atoms with Crippen LogP contribution in [0.1, 0.15) is 45.4 Å². The van der Waals surface area contributed by atoms with Crippen molar-refractivity contribution in [3.8, 4) is 0 Å². The van der Waals surface area contributed by atoms with Gasteiger partial charge < -0.3 is 30.3 Å². The summed E-state index contributed by atoms with van der Waals surface area (Å²) in [5, 5.41) is 47.9. The van der Waals surface area contributed by atoms with Crippen LogP contribution in [0, 0.1) is 5.92 Å². The number of aliphatic hydroxyl groups excluding tert-OH is 4. The van der Waals surface area contributed by atoms with Crippen molar-refractivity contribution in [1.29, 1.82) is 0 Å². The van der Waals surface area contributed by atoms with Gasteiger partial charge in [0.25, 0.3) is 0 Å². The van der Waals surface area contributed by atoms with Crippen LogP contribution in [0.5, 0.6) is 0 Å². The standard InChI is InChI=1S/C17H28O8/c1-2-3-4-5-6-10(19)7-11-12(20)8-14(17(23)24)25-16(11)15(22)13(21)9-18/h8,11-13,15-16,18,20-22H,2-7,9H2,1H3,(H,23,24)/t11-,12-,13?,15?,16?/m1/s1. The summed E-state index contributed by atoms with van der Waals surface area (Å²) >= 11 is 0. The number of hydrogen-bond acceptors (Lipinski definition) is 7. The van der Waals surface area contributed by atoms with E-state index in [1.165, 1.54) is 0 Å². The third kappa shape index (κ3) is 6.39. The number of aliphatic carboxylic acids is 1. The number of carbonyl (C=O) groups is 2. The third-order valence-electron chi connectivity index (χ3n) is 4.35. The van der Waals surface area contributed by atoms with Crippen LogP contribution in [-0.4, -0.2) is 68.3 Å². The summed E-state index contributed by atoms with van der Waals surface area (Å²) in [5.41, 5.74) is 0. The van der Waals surface area contributed by atoms with Crippen LogP contribution < -0.4 is 0 Å². The van der Waals surface area contributed by atoms with E-state index in [-0.39, 0.29) is 12.2 Å². The Balaban J connectivity index is 2.83. The molecule has 5 N–H and O–H groups in total. The fourth-order valence-corrected chi connectivity index (χ4v) is 2.87. The molecule has 1 rings (SSSR count). The number of aliphatic hydroxyl groups is 4. The topological polar surface area (TPSA) is 145 Å². The predicted octanol–water partition coefficient (Wildman–Crippen LogP) is -0.0255. The first kappa shape index (κ1) is 21.6. The second-order valence-corrected chi connectivity index (χ2v) is 6.37. The highest BCUT2D eigenvalue weighted by Gasteiger charge is 2.43. The molecule has 1 aliphatic heterocycles. The van der Waals surface area contributed by atoms with Crippen molar-refractivity contribution in [2.24, 2.45) is 5.92 Å². The van der Waals surface area contributed by atoms with Crippen molar-refractivity contribution in [2.45, 2.75) is 69.9 Å². The van der Waals surface area contributed by atoms with E-state index in [0.717, 1.165) is 31.8 Å². The number of hydrogen-bond donors (Lipinski definition) is 5. The van der Waals surface area contributed by atoms with E-state index in [1.807, 2.05) is 0 Å². The molecule has 8 nitrogen and oxygen atoms in total. The largest absolute Gasteiger partial charge is 0.480 e. The first-order valence-electron chi connectivity index (χ1n) is 8.60. The third-order valence-corrected chi connectivity index (χ3v) is 4.35. The molecular formula is C17H28O8. The molecule has 0 aromatic carbocycles. The molecule has 0 saturated carbocycles. The number of rotatable bonds is 11. The molecule has 25 heavy (non-hydrogen) atoms. The van der Waals surface area contributed by atoms with Gasteiger partial charge in [0.15, 0.2) is 0 Å². The molecule has 0 aromatic heterocycles. The van der Waals surface area contributed by atoms with Gasteiger partial charge in [-0.2, -0.15) is 0 Å². The van der Waals surface area contributed by atoms with E-state index in [0.29, 0.717) is 6.42 Å². The van der Waals surface area contributed by atoms with E-state index in [2.05, 4.69) is 6.92 Å². The number of carboxylic acids is 1. The molecule has 1 heterocycles. The van der Waals surface area contributed by atoms with Gasteiger partial charge in [0, 0.05) is 18.8 Å². The number of unbranched alkanes of at least 4 members (excludes halogenated alkanes) is 3. The summed E-state index contributed by atoms with van der Waals surface area (Å²) in [7, 11) is 0. The maximum atomic E-state index is 12.1. The van der Waals surface area contributed by atoms with Crippen molar-refractivity contribution in [2.75, 3.05) is 6.61 Å². The van der Waals surface area contributed by atoms with Gasteiger partial charge in [-0.15, -0.1) is 0 Å². The fraction of sp³-hybridized carbons (Fsp3) is 0.765. The van der Waals surface area contributed by atoms with Gasteiger partial charge in [0.05, 0.1) is 12.7 Å². The zero-order valence-electron chi connectivity index (χ0n) is 14.4. The highest BCUT2D eigenvalue weighted by atomic mass is 16.5. The van der Waals surface area contributed by atoms with Crippen molar-refractivity contribution in [1.82, 2.24) is 0 Å². The number of Topliss-reactive ketones (excluding diaryl/α,β-unsaturated/α-hetero) is 1. The minimum absolute atomic E-state index is 0.115. The Hall–Kier alpha value is -1.48. The fourth-order valence-electron chi connectivity index (χ4n) is 2.87. The molecule has 0 aliphatic carbocycles. The second-order valence-electron chi connectivity index (χ2n) is 6.37. The highest BCUT2D eigenvalue weighted by molar-refractivity contribution is 5.84. The van der Waals surface area contributed by atoms with E-state index >= 15 is 0 Å². The van der Waals surface area contributed by atoms with Crippen LogP contribution in [-0.2, 0) is 14.3 Å². The number of carboxylic acid groups (broad SMARTS) is 1. The Kier molecular flexibility index (Phi) is 9.05. The first-order valence-corrected chi connectivity index (χ1v) is 8.60. The Morgan fingerprint density at radius 3 is 2.48 bits per heavy atom. The van der Waals surface area contributed by atoms with Crippen LogP contribution in [0.4, 0.5) is 0 Å². The lowest BCUT2D eigenvalue weighted by atomic mass is 9.83. The minimum Gasteiger partial charge on any atom is -0.480 e. The molecule has 5 atom stereocenters. The van der Waals surface area contributed by atoms with Crippen molar-refractivity contribution in [3.05, 3.63) is 11.8 Å². The van der Waals surface area contributed by atoms with Crippen LogP contribution in [0.3, 0.4) is 0 Å². The maximum Gasteiger partial charge on any atom is 0.370 e. The first-order chi connectivity index (χ1) is 11.8. The molecule has 0 amide bonds. The summed E-state index contributed by atoms with van der Waals surface area (Å²) in [6, 6.07) is 0. The van der Waals surface area contributed by atoms with E-state index in [4.69, 9.17) is 14.9 Å². The van der Waals surface area contributed by atoms with Gasteiger partial charge in [0.2, 0.25) is 5.76 Å². The number of ether oxygens (including phenoxy) is 1. The normalized spacial score (nSPS) is 25.6. The lowest BCUT2D eigenvalue weighted by Crippen LogP contribution is -2.51. The van der Waals surface area contributed by atoms with Crippen molar-refractivity contribution >= 4 is 11.8 Å². The zero-order valence-corrected chi connectivity index (χ0v) is 14.4. The van der Waals surface area contributed by atoms with Gasteiger partial charge in [-0.05, 0) is 12.5 Å². The Bertz CT molecular complexity index is 475. The molecule has 8 heteroatoms.